The van der Waals surface area contributed by atoms with Crippen LogP contribution in [0.15, 0.2) is 97.1 Å². The van der Waals surface area contributed by atoms with Crippen molar-refractivity contribution in [3.8, 4) is 5.75 Å². The number of benzene rings is 4. The molecule has 48 heavy (non-hydrogen) atoms. The van der Waals surface area contributed by atoms with Gasteiger partial charge < -0.3 is 31.1 Å². The zero-order valence-electron chi connectivity index (χ0n) is 27.6. The lowest BCUT2D eigenvalue weighted by Gasteiger charge is -2.38. The lowest BCUT2D eigenvalue weighted by molar-refractivity contribution is -0.115. The molecule has 250 valence electrons. The number of anilines is 3. The number of nitrogens with zero attached hydrogens (tertiary/aromatic N) is 2. The molecule has 3 amide bonds. The number of nitrogens with two attached hydrogens (primary N) is 1. The Balaban J connectivity index is 1.28. The molecule has 4 aromatic rings. The second-order valence-corrected chi connectivity index (χ2v) is 12.5. The highest BCUT2D eigenvalue weighted by atomic mass is 16.5. The number of carbonyl (C=O) groups excluding carboxylic acids is 3. The number of fused-ring (bicyclic) bond motifs is 1. The number of amides is 3. The minimum atomic E-state index is -0.408. The second-order valence-electron chi connectivity index (χ2n) is 12.5. The third-order valence-electron chi connectivity index (χ3n) is 8.53. The van der Waals surface area contributed by atoms with E-state index in [0.29, 0.717) is 53.6 Å². The van der Waals surface area contributed by atoms with Gasteiger partial charge in [0.25, 0.3) is 11.8 Å². The number of ether oxygens (including phenoxy) is 1. The summed E-state index contributed by atoms with van der Waals surface area (Å²) in [5.41, 5.74) is 10.3. The molecule has 1 heterocycles. The summed E-state index contributed by atoms with van der Waals surface area (Å²) in [6.45, 7) is 5.23. The van der Waals surface area contributed by atoms with Crippen molar-refractivity contribution in [2.75, 3.05) is 43.1 Å². The Labute approximate surface area is 281 Å². The Hall–Kier alpha value is -5.19. The zero-order chi connectivity index (χ0) is 34.2. The van der Waals surface area contributed by atoms with Crippen LogP contribution in [0.5, 0.6) is 5.75 Å². The molecule has 5 N–H and O–H groups in total. The molecule has 1 aliphatic rings. The zero-order valence-corrected chi connectivity index (χ0v) is 27.6. The summed E-state index contributed by atoms with van der Waals surface area (Å²) in [6.07, 6.45) is -0.0732. The first-order valence-corrected chi connectivity index (χ1v) is 16.1. The van der Waals surface area contributed by atoms with Crippen molar-refractivity contribution in [3.63, 3.8) is 0 Å². The highest BCUT2D eigenvalue weighted by molar-refractivity contribution is 6.05. The molecule has 0 bridgehead atoms. The lowest BCUT2D eigenvalue weighted by Crippen LogP contribution is -2.49. The summed E-state index contributed by atoms with van der Waals surface area (Å²) in [7, 11) is 2.00. The molecule has 0 saturated carbocycles. The van der Waals surface area contributed by atoms with E-state index in [1.807, 2.05) is 75.5 Å². The van der Waals surface area contributed by atoms with Gasteiger partial charge in [-0.15, -0.1) is 0 Å². The van der Waals surface area contributed by atoms with Crippen LogP contribution in [0.1, 0.15) is 45.7 Å². The highest BCUT2D eigenvalue weighted by Gasteiger charge is 2.33. The van der Waals surface area contributed by atoms with Crippen molar-refractivity contribution >= 4 is 34.8 Å². The first-order valence-electron chi connectivity index (χ1n) is 16.1. The summed E-state index contributed by atoms with van der Waals surface area (Å²) in [5.74, 6) is -0.318. The third-order valence-corrected chi connectivity index (χ3v) is 8.53. The Morgan fingerprint density at radius 1 is 0.979 bits per heavy atom. The number of carbonyl (C=O) groups is 3. The van der Waals surface area contributed by atoms with Gasteiger partial charge in [-0.2, -0.15) is 0 Å². The number of likely N-dealkylation sites (N-methyl/N-ethyl adjacent to an activating group) is 1. The largest absolute Gasteiger partial charge is 0.488 e. The van der Waals surface area contributed by atoms with E-state index in [4.69, 9.17) is 10.5 Å². The second kappa shape index (κ2) is 15.6. The van der Waals surface area contributed by atoms with Gasteiger partial charge in [-0.1, -0.05) is 61.5 Å². The third kappa shape index (κ3) is 8.58. The van der Waals surface area contributed by atoms with Crippen LogP contribution in [0.25, 0.3) is 0 Å². The number of nitrogen functional groups attached to an aromatic ring is 1. The quantitative estimate of drug-likeness (QED) is 0.167. The summed E-state index contributed by atoms with van der Waals surface area (Å²) >= 11 is 0. The fourth-order valence-corrected chi connectivity index (χ4v) is 5.75. The van der Waals surface area contributed by atoms with E-state index >= 15 is 0 Å². The molecule has 0 aliphatic carbocycles. The average Bonchev–Trinajstić information content (AvgIpc) is 3.08. The van der Waals surface area contributed by atoms with E-state index in [2.05, 4.69) is 15.5 Å². The van der Waals surface area contributed by atoms with Crippen molar-refractivity contribution in [1.82, 2.24) is 9.80 Å². The maximum absolute atomic E-state index is 13.8. The maximum atomic E-state index is 13.8. The van der Waals surface area contributed by atoms with Gasteiger partial charge in [-0.25, -0.2) is 0 Å². The van der Waals surface area contributed by atoms with Gasteiger partial charge in [0.05, 0.1) is 36.0 Å². The van der Waals surface area contributed by atoms with Gasteiger partial charge in [-0.05, 0) is 67.6 Å². The number of aliphatic hydroxyl groups is 1. The van der Waals surface area contributed by atoms with Crippen LogP contribution in [0, 0.1) is 5.92 Å². The smallest absolute Gasteiger partial charge is 0.258 e. The maximum Gasteiger partial charge on any atom is 0.258 e. The first kappa shape index (κ1) is 34.2. The fraction of sp³-hybridized carbons (Fsp3) is 0.289. The van der Waals surface area contributed by atoms with Crippen molar-refractivity contribution in [2.24, 2.45) is 5.92 Å². The van der Waals surface area contributed by atoms with Gasteiger partial charge in [0.15, 0.2) is 0 Å². The number of rotatable bonds is 11. The van der Waals surface area contributed by atoms with Gasteiger partial charge in [-0.3, -0.25) is 19.3 Å². The molecule has 0 unspecified atom stereocenters. The van der Waals surface area contributed by atoms with E-state index < -0.39 is 6.04 Å². The predicted molar refractivity (Wildman–Crippen MR) is 188 cm³/mol. The minimum absolute atomic E-state index is 0.0553. The van der Waals surface area contributed by atoms with E-state index in [0.717, 1.165) is 11.1 Å². The van der Waals surface area contributed by atoms with Crippen LogP contribution < -0.4 is 21.1 Å². The van der Waals surface area contributed by atoms with Crippen LogP contribution in [0.4, 0.5) is 17.1 Å². The van der Waals surface area contributed by atoms with E-state index in [-0.39, 0.29) is 42.8 Å². The number of hydrogen-bond acceptors (Lipinski definition) is 7. The molecule has 0 saturated heterocycles. The topological polar surface area (TPSA) is 137 Å². The van der Waals surface area contributed by atoms with E-state index in [1.165, 1.54) is 0 Å². The molecule has 0 fully saturated rings. The Morgan fingerprint density at radius 3 is 2.40 bits per heavy atom. The van der Waals surface area contributed by atoms with E-state index in [1.54, 1.807) is 47.4 Å². The monoisotopic (exact) mass is 649 g/mol. The van der Waals surface area contributed by atoms with Crippen molar-refractivity contribution < 1.29 is 24.2 Å². The molecule has 0 aromatic heterocycles. The Kier molecular flexibility index (Phi) is 11.1. The molecular weight excluding hydrogens is 606 g/mol. The van der Waals surface area contributed by atoms with Crippen molar-refractivity contribution in [2.45, 2.75) is 39.0 Å². The number of para-hydroxylation sites is 2. The summed E-state index contributed by atoms with van der Waals surface area (Å²) in [5, 5.41) is 15.8. The molecule has 0 radical (unpaired) electrons. The van der Waals surface area contributed by atoms with Gasteiger partial charge in [0.2, 0.25) is 5.91 Å². The predicted octanol–water partition coefficient (Wildman–Crippen LogP) is 5.05. The van der Waals surface area contributed by atoms with Crippen LogP contribution in [-0.2, 0) is 17.8 Å². The normalized spacial score (nSPS) is 16.7. The molecular formula is C38H43N5O5. The molecule has 3 atom stereocenters. The number of nitrogens with one attached hydrogen (secondary N) is 2. The van der Waals surface area contributed by atoms with Crippen molar-refractivity contribution in [1.29, 1.82) is 0 Å². The molecule has 4 aromatic carbocycles. The summed E-state index contributed by atoms with van der Waals surface area (Å²) < 4.78 is 6.53. The van der Waals surface area contributed by atoms with Gasteiger partial charge >= 0.3 is 0 Å². The van der Waals surface area contributed by atoms with E-state index in [9.17, 15) is 19.5 Å². The average molecular weight is 650 g/mol. The Bertz CT molecular complexity index is 1730. The standard InChI is InChI=1S/C38H43N5O5/c1-25-21-43(26(2)24-44)38(47)31-20-30(40-36(45)19-27-9-5-4-6-10-27)17-18-34(31)48-35(25)23-42(3)22-28-13-15-29(16-14-28)37(46)41-33-12-8-7-11-32(33)39/h4-18,20,25-26,35,44H,19,21-24,39H2,1-3H3,(H,40,45)(H,41,46)/t25-,26-,35+/m1/s1. The Morgan fingerprint density at radius 2 is 1.69 bits per heavy atom. The minimum Gasteiger partial charge on any atom is -0.488 e. The SMILES string of the molecule is C[C@@H]1CN([C@H](C)CO)C(=O)c2cc(NC(=O)Cc3ccccc3)ccc2O[C@H]1CN(C)Cc1ccc(C(=O)Nc2ccccc2N)cc1. The van der Waals surface area contributed by atoms with Gasteiger partial charge in [0.1, 0.15) is 11.9 Å². The first-order chi connectivity index (χ1) is 23.1. The molecule has 0 spiro atoms. The molecule has 5 rings (SSSR count). The summed E-state index contributed by atoms with van der Waals surface area (Å²) in [4.78, 5) is 43.2. The summed E-state index contributed by atoms with van der Waals surface area (Å²) in [6, 6.07) is 28.7. The van der Waals surface area contributed by atoms with Crippen LogP contribution in [-0.4, -0.2) is 71.5 Å². The number of aliphatic hydroxyl groups excluding tert-OH is 1. The molecule has 10 heteroatoms. The van der Waals surface area contributed by atoms with Crippen LogP contribution in [0.2, 0.25) is 0 Å². The number of hydrogen-bond donors (Lipinski definition) is 4. The van der Waals surface area contributed by atoms with Crippen molar-refractivity contribution in [3.05, 3.63) is 119 Å². The lowest BCUT2D eigenvalue weighted by atomic mass is 9.99. The fourth-order valence-electron chi connectivity index (χ4n) is 5.75. The molecule has 10 nitrogen and oxygen atoms in total. The van der Waals surface area contributed by atoms with Crippen LogP contribution >= 0.6 is 0 Å². The highest BCUT2D eigenvalue weighted by Crippen LogP contribution is 2.31. The molecule has 1 aliphatic heterocycles. The van der Waals surface area contributed by atoms with Gasteiger partial charge in [0, 0.05) is 36.8 Å². The van der Waals surface area contributed by atoms with Crippen LogP contribution in [0.3, 0.4) is 0 Å².